The Balaban J connectivity index is 2.43. The molecule has 2 N–H and O–H groups in total. The van der Waals surface area contributed by atoms with E-state index in [0.717, 1.165) is 25.9 Å². The Bertz CT molecular complexity index is 257. The quantitative estimate of drug-likeness (QED) is 0.670. The fourth-order valence-corrected chi connectivity index (χ4v) is 1.93. The van der Waals surface area contributed by atoms with Crippen molar-refractivity contribution < 1.29 is 4.79 Å². The topological polar surface area (TPSA) is 41.1 Å². The summed E-state index contributed by atoms with van der Waals surface area (Å²) in [7, 11) is 0. The van der Waals surface area contributed by atoms with Crippen molar-refractivity contribution in [3.63, 3.8) is 0 Å². The molecule has 3 unspecified atom stereocenters. The van der Waals surface area contributed by atoms with Crippen LogP contribution in [0.3, 0.4) is 0 Å². The summed E-state index contributed by atoms with van der Waals surface area (Å²) in [5.41, 5.74) is 0. The standard InChI is InChI=1S/C12H20N2O/c1-4-6-10(5-2)14-12(15)11-8-13-7-9(11)3/h2,9-11,13H,4,6-8H2,1,3H3,(H,14,15). The number of nitrogens with one attached hydrogen (secondary N) is 2. The summed E-state index contributed by atoms with van der Waals surface area (Å²) >= 11 is 0. The molecule has 1 heterocycles. The predicted molar refractivity (Wildman–Crippen MR) is 61.2 cm³/mol. The SMILES string of the molecule is C#CC(CCC)NC(=O)C1CNCC1C. The average molecular weight is 208 g/mol. The van der Waals surface area contributed by atoms with Crippen LogP contribution in [-0.4, -0.2) is 25.0 Å². The molecule has 1 fully saturated rings. The average Bonchev–Trinajstić information content (AvgIpc) is 2.63. The summed E-state index contributed by atoms with van der Waals surface area (Å²) < 4.78 is 0. The van der Waals surface area contributed by atoms with Crippen molar-refractivity contribution in [3.8, 4) is 12.3 Å². The molecule has 0 spiro atoms. The van der Waals surface area contributed by atoms with Crippen LogP contribution >= 0.6 is 0 Å². The van der Waals surface area contributed by atoms with E-state index in [1.165, 1.54) is 0 Å². The number of rotatable bonds is 4. The van der Waals surface area contributed by atoms with Gasteiger partial charge in [-0.05, 0) is 18.9 Å². The maximum absolute atomic E-state index is 11.9. The maximum Gasteiger partial charge on any atom is 0.225 e. The molecular formula is C12H20N2O. The van der Waals surface area contributed by atoms with Crippen LogP contribution < -0.4 is 10.6 Å². The highest BCUT2D eigenvalue weighted by atomic mass is 16.2. The van der Waals surface area contributed by atoms with E-state index in [-0.39, 0.29) is 17.9 Å². The summed E-state index contributed by atoms with van der Waals surface area (Å²) in [5, 5.41) is 6.14. The summed E-state index contributed by atoms with van der Waals surface area (Å²) in [6.45, 7) is 5.86. The minimum Gasteiger partial charge on any atom is -0.342 e. The van der Waals surface area contributed by atoms with Crippen LogP contribution in [0, 0.1) is 24.2 Å². The Morgan fingerprint density at radius 2 is 2.40 bits per heavy atom. The van der Waals surface area contributed by atoms with Crippen LogP contribution in [-0.2, 0) is 4.79 Å². The van der Waals surface area contributed by atoms with Gasteiger partial charge < -0.3 is 10.6 Å². The first-order chi connectivity index (χ1) is 7.19. The van der Waals surface area contributed by atoms with E-state index < -0.39 is 0 Å². The monoisotopic (exact) mass is 208 g/mol. The molecule has 15 heavy (non-hydrogen) atoms. The Labute approximate surface area is 92.0 Å². The van der Waals surface area contributed by atoms with Crippen molar-refractivity contribution in [3.05, 3.63) is 0 Å². The van der Waals surface area contributed by atoms with Crippen molar-refractivity contribution in [1.82, 2.24) is 10.6 Å². The lowest BCUT2D eigenvalue weighted by Gasteiger charge is -2.17. The Morgan fingerprint density at radius 1 is 1.67 bits per heavy atom. The molecule has 0 aromatic carbocycles. The highest BCUT2D eigenvalue weighted by molar-refractivity contribution is 5.80. The minimum absolute atomic E-state index is 0.0812. The molecule has 84 valence electrons. The molecule has 0 aromatic rings. The molecule has 1 aliphatic rings. The second-order valence-electron chi connectivity index (χ2n) is 4.26. The number of hydrogen-bond acceptors (Lipinski definition) is 2. The van der Waals surface area contributed by atoms with Crippen molar-refractivity contribution in [1.29, 1.82) is 0 Å². The molecule has 0 aliphatic carbocycles. The molecule has 3 atom stereocenters. The van der Waals surface area contributed by atoms with Gasteiger partial charge in [-0.2, -0.15) is 0 Å². The molecule has 1 amide bonds. The summed E-state index contributed by atoms with van der Waals surface area (Å²) in [5.74, 6) is 3.21. The van der Waals surface area contributed by atoms with Crippen molar-refractivity contribution in [2.45, 2.75) is 32.7 Å². The zero-order valence-corrected chi connectivity index (χ0v) is 9.55. The van der Waals surface area contributed by atoms with E-state index in [9.17, 15) is 4.79 Å². The van der Waals surface area contributed by atoms with E-state index in [1.807, 2.05) is 0 Å². The summed E-state index contributed by atoms with van der Waals surface area (Å²) in [4.78, 5) is 11.9. The van der Waals surface area contributed by atoms with E-state index in [0.29, 0.717) is 5.92 Å². The largest absolute Gasteiger partial charge is 0.342 e. The van der Waals surface area contributed by atoms with E-state index >= 15 is 0 Å². The number of terminal acetylenes is 1. The molecule has 0 radical (unpaired) electrons. The molecular weight excluding hydrogens is 188 g/mol. The first kappa shape index (κ1) is 12.1. The maximum atomic E-state index is 11.9. The molecule has 0 saturated carbocycles. The molecule has 0 bridgehead atoms. The third-order valence-electron chi connectivity index (χ3n) is 2.95. The van der Waals surface area contributed by atoms with Gasteiger partial charge in [0, 0.05) is 6.54 Å². The fraction of sp³-hybridized carbons (Fsp3) is 0.750. The van der Waals surface area contributed by atoms with Crippen LogP contribution in [0.5, 0.6) is 0 Å². The third kappa shape index (κ3) is 3.24. The van der Waals surface area contributed by atoms with Gasteiger partial charge in [0.15, 0.2) is 0 Å². The van der Waals surface area contributed by atoms with Gasteiger partial charge in [-0.3, -0.25) is 4.79 Å². The van der Waals surface area contributed by atoms with Gasteiger partial charge in [0.25, 0.3) is 0 Å². The number of amides is 1. The smallest absolute Gasteiger partial charge is 0.225 e. The van der Waals surface area contributed by atoms with E-state index in [4.69, 9.17) is 6.42 Å². The van der Waals surface area contributed by atoms with E-state index in [1.54, 1.807) is 0 Å². The Morgan fingerprint density at radius 3 is 2.87 bits per heavy atom. The zero-order chi connectivity index (χ0) is 11.3. The van der Waals surface area contributed by atoms with Crippen molar-refractivity contribution in [2.75, 3.05) is 13.1 Å². The van der Waals surface area contributed by atoms with Gasteiger partial charge in [0.05, 0.1) is 12.0 Å². The lowest BCUT2D eigenvalue weighted by Crippen LogP contribution is -2.40. The van der Waals surface area contributed by atoms with Gasteiger partial charge in [-0.25, -0.2) is 0 Å². The second kappa shape index (κ2) is 5.77. The summed E-state index contributed by atoms with van der Waals surface area (Å²) in [6.07, 6.45) is 7.21. The Hall–Kier alpha value is -1.01. The first-order valence-corrected chi connectivity index (χ1v) is 5.66. The lowest BCUT2D eigenvalue weighted by molar-refractivity contribution is -0.125. The molecule has 1 rings (SSSR count). The van der Waals surface area contributed by atoms with Crippen LogP contribution in [0.4, 0.5) is 0 Å². The van der Waals surface area contributed by atoms with Crippen molar-refractivity contribution in [2.24, 2.45) is 11.8 Å². The molecule has 0 aromatic heterocycles. The van der Waals surface area contributed by atoms with Crippen LogP contribution in [0.25, 0.3) is 0 Å². The van der Waals surface area contributed by atoms with Gasteiger partial charge >= 0.3 is 0 Å². The van der Waals surface area contributed by atoms with Crippen LogP contribution in [0.15, 0.2) is 0 Å². The molecule has 3 nitrogen and oxygen atoms in total. The zero-order valence-electron chi connectivity index (χ0n) is 9.55. The van der Waals surface area contributed by atoms with Gasteiger partial charge in [-0.15, -0.1) is 6.42 Å². The lowest BCUT2D eigenvalue weighted by atomic mass is 9.97. The van der Waals surface area contributed by atoms with E-state index in [2.05, 4.69) is 30.4 Å². The number of hydrogen-bond donors (Lipinski definition) is 2. The number of carbonyl (C=O) groups is 1. The van der Waals surface area contributed by atoms with Crippen molar-refractivity contribution >= 4 is 5.91 Å². The summed E-state index contributed by atoms with van der Waals surface area (Å²) in [6, 6.07) is -0.102. The van der Waals surface area contributed by atoms with Gasteiger partial charge in [-0.1, -0.05) is 26.2 Å². The highest BCUT2D eigenvalue weighted by Crippen LogP contribution is 2.16. The van der Waals surface area contributed by atoms with Gasteiger partial charge in [0.1, 0.15) is 0 Å². The normalized spacial score (nSPS) is 27.0. The predicted octanol–water partition coefficient (Wildman–Crippen LogP) is 0.760. The third-order valence-corrected chi connectivity index (χ3v) is 2.95. The molecule has 1 saturated heterocycles. The van der Waals surface area contributed by atoms with Gasteiger partial charge in [0.2, 0.25) is 5.91 Å². The van der Waals surface area contributed by atoms with Crippen LogP contribution in [0.1, 0.15) is 26.7 Å². The first-order valence-electron chi connectivity index (χ1n) is 5.66. The minimum atomic E-state index is -0.102. The van der Waals surface area contributed by atoms with Crippen LogP contribution in [0.2, 0.25) is 0 Å². The fourth-order valence-electron chi connectivity index (χ4n) is 1.93. The molecule has 1 aliphatic heterocycles. The highest BCUT2D eigenvalue weighted by Gasteiger charge is 2.30. The molecule has 3 heteroatoms. The second-order valence-corrected chi connectivity index (χ2v) is 4.26. The number of carbonyl (C=O) groups excluding carboxylic acids is 1. The Kier molecular flexibility index (Phi) is 4.64.